The molecular formula is C21H19Cl2NO2. The molecule has 0 fully saturated rings. The number of halogens is 2. The molecule has 3 aromatic rings. The largest absolute Gasteiger partial charge is 0.481 e. The van der Waals surface area contributed by atoms with Crippen molar-refractivity contribution in [2.24, 2.45) is 0 Å². The van der Waals surface area contributed by atoms with Crippen molar-refractivity contribution in [2.75, 3.05) is 0 Å². The number of carboxylic acid groups (broad SMARTS) is 1. The monoisotopic (exact) mass is 387 g/mol. The number of aromatic nitrogens is 1. The highest BCUT2D eigenvalue weighted by atomic mass is 35.5. The molecule has 0 aliphatic heterocycles. The van der Waals surface area contributed by atoms with E-state index >= 15 is 0 Å². The first kappa shape index (κ1) is 18.7. The van der Waals surface area contributed by atoms with E-state index in [1.807, 2.05) is 50.2 Å². The zero-order valence-corrected chi connectivity index (χ0v) is 16.1. The van der Waals surface area contributed by atoms with Gasteiger partial charge in [0.25, 0.3) is 0 Å². The van der Waals surface area contributed by atoms with Crippen molar-refractivity contribution >= 4 is 40.1 Å². The molecule has 0 amide bonds. The minimum absolute atomic E-state index is 0.529. The van der Waals surface area contributed by atoms with Crippen LogP contribution in [0.3, 0.4) is 0 Å². The Bertz CT molecular complexity index is 985. The lowest BCUT2D eigenvalue weighted by atomic mass is 9.85. The van der Waals surface area contributed by atoms with Crippen LogP contribution in [0.2, 0.25) is 10.0 Å². The lowest BCUT2D eigenvalue weighted by Gasteiger charge is -2.21. The molecule has 3 rings (SSSR count). The molecule has 0 radical (unpaired) electrons. The fourth-order valence-electron chi connectivity index (χ4n) is 3.43. The fraction of sp³-hybridized carbons (Fsp3) is 0.238. The number of fused-ring (bicyclic) bond motifs is 1. The standard InChI is InChI=1S/C21H19Cl2NO2/c1-3-6-15(21(25)26)19-12(2)24-18-10-9-13(22)11-16(18)20(19)14-7-4-5-8-17(14)23/h4-5,7-11,15H,3,6H2,1-2H3,(H,25,26). The first-order valence-electron chi connectivity index (χ1n) is 8.51. The Kier molecular flexibility index (Phi) is 5.49. The maximum Gasteiger partial charge on any atom is 0.311 e. The molecule has 134 valence electrons. The summed E-state index contributed by atoms with van der Waals surface area (Å²) in [5.74, 6) is -1.51. The van der Waals surface area contributed by atoms with Crippen LogP contribution in [-0.2, 0) is 4.79 Å². The highest BCUT2D eigenvalue weighted by Crippen LogP contribution is 2.42. The van der Waals surface area contributed by atoms with E-state index in [0.717, 1.165) is 28.5 Å². The van der Waals surface area contributed by atoms with E-state index in [1.54, 1.807) is 6.07 Å². The Morgan fingerprint density at radius 1 is 1.19 bits per heavy atom. The molecule has 5 heteroatoms. The normalized spacial score (nSPS) is 12.3. The van der Waals surface area contributed by atoms with Crippen LogP contribution in [0.25, 0.3) is 22.0 Å². The van der Waals surface area contributed by atoms with Gasteiger partial charge in [-0.05, 0) is 48.7 Å². The van der Waals surface area contributed by atoms with Gasteiger partial charge in [0.2, 0.25) is 0 Å². The number of aliphatic carboxylic acids is 1. The molecule has 0 aliphatic rings. The summed E-state index contributed by atoms with van der Waals surface area (Å²) in [5, 5.41) is 11.8. The first-order chi connectivity index (χ1) is 12.4. The molecule has 0 spiro atoms. The molecule has 3 nitrogen and oxygen atoms in total. The molecule has 1 heterocycles. The summed E-state index contributed by atoms with van der Waals surface area (Å²) in [4.78, 5) is 16.7. The third kappa shape index (κ3) is 3.42. The summed E-state index contributed by atoms with van der Waals surface area (Å²) < 4.78 is 0. The summed E-state index contributed by atoms with van der Waals surface area (Å²) in [6, 6.07) is 12.9. The summed E-state index contributed by atoms with van der Waals surface area (Å²) in [6.07, 6.45) is 1.29. The minimum Gasteiger partial charge on any atom is -0.481 e. The topological polar surface area (TPSA) is 50.2 Å². The summed E-state index contributed by atoms with van der Waals surface area (Å²) >= 11 is 12.7. The number of carboxylic acids is 1. The van der Waals surface area contributed by atoms with Crippen LogP contribution in [-0.4, -0.2) is 16.1 Å². The molecule has 0 saturated carbocycles. The van der Waals surface area contributed by atoms with Gasteiger partial charge in [0.05, 0.1) is 11.4 Å². The smallest absolute Gasteiger partial charge is 0.311 e. The van der Waals surface area contributed by atoms with E-state index < -0.39 is 11.9 Å². The molecular weight excluding hydrogens is 369 g/mol. The minimum atomic E-state index is -0.855. The first-order valence-corrected chi connectivity index (χ1v) is 9.27. The van der Waals surface area contributed by atoms with Gasteiger partial charge in [-0.1, -0.05) is 54.7 Å². The van der Waals surface area contributed by atoms with Crippen molar-refractivity contribution < 1.29 is 9.90 Å². The van der Waals surface area contributed by atoms with Crippen LogP contribution in [0.4, 0.5) is 0 Å². The molecule has 1 atom stereocenters. The maximum absolute atomic E-state index is 12.0. The zero-order chi connectivity index (χ0) is 18.8. The zero-order valence-electron chi connectivity index (χ0n) is 14.6. The van der Waals surface area contributed by atoms with Crippen molar-refractivity contribution in [2.45, 2.75) is 32.6 Å². The second-order valence-corrected chi connectivity index (χ2v) is 7.15. The van der Waals surface area contributed by atoms with Crippen LogP contribution in [0.5, 0.6) is 0 Å². The Morgan fingerprint density at radius 3 is 2.58 bits per heavy atom. The number of hydrogen-bond donors (Lipinski definition) is 1. The van der Waals surface area contributed by atoms with Crippen LogP contribution in [0.1, 0.15) is 36.9 Å². The van der Waals surface area contributed by atoms with Crippen molar-refractivity contribution in [1.29, 1.82) is 0 Å². The number of nitrogens with zero attached hydrogens (tertiary/aromatic N) is 1. The molecule has 1 N–H and O–H groups in total. The lowest BCUT2D eigenvalue weighted by molar-refractivity contribution is -0.139. The molecule has 26 heavy (non-hydrogen) atoms. The van der Waals surface area contributed by atoms with Gasteiger partial charge in [-0.25, -0.2) is 0 Å². The quantitative estimate of drug-likeness (QED) is 0.544. The Balaban J connectivity index is 2.47. The van der Waals surface area contributed by atoms with E-state index in [1.165, 1.54) is 0 Å². The second-order valence-electron chi connectivity index (χ2n) is 6.31. The van der Waals surface area contributed by atoms with E-state index in [2.05, 4.69) is 4.98 Å². The molecule has 2 aromatic carbocycles. The van der Waals surface area contributed by atoms with Crippen molar-refractivity contribution in [3.8, 4) is 11.1 Å². The van der Waals surface area contributed by atoms with E-state index in [9.17, 15) is 9.90 Å². The van der Waals surface area contributed by atoms with Crippen LogP contribution in [0.15, 0.2) is 42.5 Å². The van der Waals surface area contributed by atoms with Gasteiger partial charge in [-0.2, -0.15) is 0 Å². The van der Waals surface area contributed by atoms with Gasteiger partial charge >= 0.3 is 5.97 Å². The molecule has 0 saturated heterocycles. The predicted octanol–water partition coefficient (Wildman–Crippen LogP) is 6.49. The van der Waals surface area contributed by atoms with Crippen LogP contribution < -0.4 is 0 Å². The second kappa shape index (κ2) is 7.65. The van der Waals surface area contributed by atoms with Gasteiger partial charge in [0, 0.05) is 26.7 Å². The van der Waals surface area contributed by atoms with Gasteiger partial charge in [-0.3, -0.25) is 9.78 Å². The third-order valence-corrected chi connectivity index (χ3v) is 5.11. The van der Waals surface area contributed by atoms with Gasteiger partial charge in [0.1, 0.15) is 0 Å². The SMILES string of the molecule is CCCC(C(=O)O)c1c(C)nc2ccc(Cl)cc2c1-c1ccccc1Cl. The maximum atomic E-state index is 12.0. The number of rotatable bonds is 5. The Labute approximate surface area is 162 Å². The average molecular weight is 388 g/mol. The molecule has 1 aromatic heterocycles. The third-order valence-electron chi connectivity index (χ3n) is 4.54. The average Bonchev–Trinajstić information content (AvgIpc) is 2.60. The van der Waals surface area contributed by atoms with Crippen molar-refractivity contribution in [3.05, 3.63) is 63.8 Å². The number of carbonyl (C=O) groups is 1. The van der Waals surface area contributed by atoms with E-state index in [4.69, 9.17) is 23.2 Å². The summed E-state index contributed by atoms with van der Waals surface area (Å²) in [5.41, 5.74) is 3.79. The van der Waals surface area contributed by atoms with E-state index in [0.29, 0.717) is 27.7 Å². The highest BCUT2D eigenvalue weighted by Gasteiger charge is 2.27. The van der Waals surface area contributed by atoms with Gasteiger partial charge in [0.15, 0.2) is 0 Å². The number of aryl methyl sites for hydroxylation is 1. The summed E-state index contributed by atoms with van der Waals surface area (Å²) in [7, 11) is 0. The number of benzene rings is 2. The summed E-state index contributed by atoms with van der Waals surface area (Å²) in [6.45, 7) is 3.83. The Hall–Kier alpha value is -2.10. The predicted molar refractivity (Wildman–Crippen MR) is 107 cm³/mol. The van der Waals surface area contributed by atoms with Gasteiger partial charge in [-0.15, -0.1) is 0 Å². The highest BCUT2D eigenvalue weighted by molar-refractivity contribution is 6.34. The van der Waals surface area contributed by atoms with Gasteiger partial charge < -0.3 is 5.11 Å². The molecule has 1 unspecified atom stereocenters. The number of hydrogen-bond acceptors (Lipinski definition) is 2. The van der Waals surface area contributed by atoms with Crippen molar-refractivity contribution in [1.82, 2.24) is 4.98 Å². The van der Waals surface area contributed by atoms with Crippen molar-refractivity contribution in [3.63, 3.8) is 0 Å². The lowest BCUT2D eigenvalue weighted by Crippen LogP contribution is -2.15. The van der Waals surface area contributed by atoms with E-state index in [-0.39, 0.29) is 0 Å². The molecule has 0 bridgehead atoms. The Morgan fingerprint density at radius 2 is 1.92 bits per heavy atom. The number of pyridine rings is 1. The fourth-order valence-corrected chi connectivity index (χ4v) is 3.84. The van der Waals surface area contributed by atoms with Crippen LogP contribution in [0, 0.1) is 6.92 Å². The van der Waals surface area contributed by atoms with Crippen LogP contribution >= 0.6 is 23.2 Å². The molecule has 0 aliphatic carbocycles.